The Balaban J connectivity index is 2.55. The van der Waals surface area contributed by atoms with Gasteiger partial charge in [0.1, 0.15) is 23.4 Å². The number of hydrogen-bond acceptors (Lipinski definition) is 5. The Morgan fingerprint density at radius 1 is 0.946 bits per heavy atom. The topological polar surface area (TPSA) is 108 Å². The molecule has 0 aliphatic heterocycles. The number of nitrogens with zero attached hydrogens (tertiary/aromatic N) is 1. The first-order valence-corrected chi connectivity index (χ1v) is 12.6. The smallest absolute Gasteiger partial charge is 0.408 e. The number of ether oxygens (including phenoxy) is 1. The second-order valence-corrected chi connectivity index (χ2v) is 11.0. The molecule has 0 heterocycles. The van der Waals surface area contributed by atoms with Crippen LogP contribution < -0.4 is 10.6 Å². The van der Waals surface area contributed by atoms with Gasteiger partial charge in [-0.15, -0.1) is 0 Å². The molecule has 0 radical (unpaired) electrons. The number of phenolic OH excluding ortho intramolecular Hbond substituents is 1. The Hall–Kier alpha value is -3.55. The summed E-state index contributed by atoms with van der Waals surface area (Å²) in [6.07, 6.45) is -0.704. The molecule has 0 aromatic heterocycles. The van der Waals surface area contributed by atoms with Gasteiger partial charge in [-0.05, 0) is 89.3 Å². The quantitative estimate of drug-likeness (QED) is 0.435. The van der Waals surface area contributed by atoms with Crippen molar-refractivity contribution in [2.75, 3.05) is 5.32 Å². The lowest BCUT2D eigenvalue weighted by Crippen LogP contribution is -2.56. The normalized spacial score (nSPS) is 13.2. The fourth-order valence-corrected chi connectivity index (χ4v) is 3.99. The molecule has 0 fully saturated rings. The molecule has 3 amide bonds. The Kier molecular flexibility index (Phi) is 9.73. The predicted molar refractivity (Wildman–Crippen MR) is 145 cm³/mol. The van der Waals surface area contributed by atoms with Gasteiger partial charge in [0.05, 0.1) is 0 Å². The number of alkyl carbamates (subject to hydrolysis) is 1. The van der Waals surface area contributed by atoms with Crippen molar-refractivity contribution in [2.24, 2.45) is 5.92 Å². The number of aryl methyl sites for hydroxylation is 2. The van der Waals surface area contributed by atoms with Gasteiger partial charge in [0.25, 0.3) is 5.91 Å². The molecule has 2 rings (SSSR count). The lowest BCUT2D eigenvalue weighted by atomic mass is 9.96. The van der Waals surface area contributed by atoms with Crippen molar-refractivity contribution in [2.45, 2.75) is 86.0 Å². The zero-order chi connectivity index (χ0) is 28.1. The van der Waals surface area contributed by atoms with E-state index in [-0.39, 0.29) is 11.7 Å². The van der Waals surface area contributed by atoms with E-state index in [1.807, 2.05) is 52.8 Å². The third-order valence-electron chi connectivity index (χ3n) is 5.88. The number of para-hydroxylation sites is 1. The molecule has 0 bridgehead atoms. The van der Waals surface area contributed by atoms with Gasteiger partial charge in [-0.1, -0.05) is 38.1 Å². The number of amides is 3. The van der Waals surface area contributed by atoms with Crippen molar-refractivity contribution < 1.29 is 24.2 Å². The van der Waals surface area contributed by atoms with E-state index in [4.69, 9.17) is 4.74 Å². The van der Waals surface area contributed by atoms with E-state index in [1.165, 1.54) is 11.0 Å². The van der Waals surface area contributed by atoms with Crippen LogP contribution in [0.2, 0.25) is 0 Å². The highest BCUT2D eigenvalue weighted by Crippen LogP contribution is 2.30. The van der Waals surface area contributed by atoms with E-state index in [0.29, 0.717) is 16.8 Å². The van der Waals surface area contributed by atoms with Gasteiger partial charge in [0, 0.05) is 11.7 Å². The fourth-order valence-electron chi connectivity index (χ4n) is 3.99. The Labute approximate surface area is 220 Å². The van der Waals surface area contributed by atoms with Gasteiger partial charge in [0.2, 0.25) is 5.91 Å². The summed E-state index contributed by atoms with van der Waals surface area (Å²) in [5.41, 5.74) is 1.91. The first-order chi connectivity index (χ1) is 17.1. The number of carbonyl (C=O) groups is 3. The number of nitrogens with one attached hydrogen (secondary N) is 2. The lowest BCUT2D eigenvalue weighted by molar-refractivity contribution is -0.143. The molecule has 0 aliphatic carbocycles. The van der Waals surface area contributed by atoms with Crippen molar-refractivity contribution >= 4 is 23.6 Å². The number of rotatable bonds is 8. The number of hydrogen-bond donors (Lipinski definition) is 3. The molecule has 8 heteroatoms. The van der Waals surface area contributed by atoms with Gasteiger partial charge < -0.3 is 25.4 Å². The zero-order valence-electron chi connectivity index (χ0n) is 23.4. The lowest BCUT2D eigenvalue weighted by Gasteiger charge is -2.38. The number of phenols is 1. The molecule has 37 heavy (non-hydrogen) atoms. The number of carbonyl (C=O) groups excluding carboxylic acids is 3. The monoisotopic (exact) mass is 511 g/mol. The molecule has 2 aromatic rings. The van der Waals surface area contributed by atoms with Crippen molar-refractivity contribution in [3.8, 4) is 5.75 Å². The number of anilines is 1. The van der Waals surface area contributed by atoms with Gasteiger partial charge in [-0.25, -0.2) is 4.79 Å². The molecule has 0 aliphatic rings. The van der Waals surface area contributed by atoms with E-state index in [1.54, 1.807) is 45.9 Å². The molecule has 202 valence electrons. The molecule has 2 aromatic carbocycles. The molecular formula is C29H41N3O5. The van der Waals surface area contributed by atoms with Crippen molar-refractivity contribution in [3.63, 3.8) is 0 Å². The number of benzene rings is 2. The van der Waals surface area contributed by atoms with Crippen LogP contribution in [0, 0.1) is 19.8 Å². The van der Waals surface area contributed by atoms with E-state index in [0.717, 1.165) is 5.56 Å². The predicted octanol–water partition coefficient (Wildman–Crippen LogP) is 5.48. The van der Waals surface area contributed by atoms with E-state index < -0.39 is 41.6 Å². The SMILES string of the molecule is Cc1cc(C(C(=O)Nc2ccccc2C)N(C(=O)C(NC(=O)OC(C)(C)C)C(C)C)C(C)C)ccc1O. The molecule has 3 N–H and O–H groups in total. The fraction of sp³-hybridized carbons (Fsp3) is 0.483. The van der Waals surface area contributed by atoms with E-state index >= 15 is 0 Å². The van der Waals surface area contributed by atoms with Crippen LogP contribution in [0.3, 0.4) is 0 Å². The summed E-state index contributed by atoms with van der Waals surface area (Å²) in [6, 6.07) is 9.91. The van der Waals surface area contributed by atoms with Crippen LogP contribution >= 0.6 is 0 Å². The Morgan fingerprint density at radius 3 is 2.08 bits per heavy atom. The average Bonchev–Trinajstić information content (AvgIpc) is 2.77. The summed E-state index contributed by atoms with van der Waals surface area (Å²) in [7, 11) is 0. The van der Waals surface area contributed by atoms with Gasteiger partial charge in [-0.3, -0.25) is 9.59 Å². The first kappa shape index (κ1) is 29.7. The molecule has 8 nitrogen and oxygen atoms in total. The first-order valence-electron chi connectivity index (χ1n) is 12.6. The minimum atomic E-state index is -1.02. The number of aromatic hydroxyl groups is 1. The maximum atomic E-state index is 14.0. The summed E-state index contributed by atoms with van der Waals surface area (Å²) in [5.74, 6) is -0.994. The summed E-state index contributed by atoms with van der Waals surface area (Å²) < 4.78 is 5.39. The zero-order valence-corrected chi connectivity index (χ0v) is 23.4. The van der Waals surface area contributed by atoms with Crippen LogP contribution in [-0.2, 0) is 14.3 Å². The molecular weight excluding hydrogens is 470 g/mol. The maximum Gasteiger partial charge on any atom is 0.408 e. The molecule has 2 atom stereocenters. The van der Waals surface area contributed by atoms with Gasteiger partial charge >= 0.3 is 6.09 Å². The largest absolute Gasteiger partial charge is 0.508 e. The van der Waals surface area contributed by atoms with Gasteiger partial charge in [-0.2, -0.15) is 0 Å². The Bertz CT molecular complexity index is 1120. The molecule has 0 saturated heterocycles. The highest BCUT2D eigenvalue weighted by molar-refractivity contribution is 5.99. The standard InChI is InChI=1S/C29H41N3O5/c1-17(2)24(31-28(36)37-29(7,8)9)27(35)32(18(3)4)25(21-14-15-23(33)20(6)16-21)26(34)30-22-13-11-10-12-19(22)5/h10-18,24-25,33H,1-9H3,(H,30,34)(H,31,36). The van der Waals surface area contributed by atoms with Crippen molar-refractivity contribution in [3.05, 3.63) is 59.2 Å². The summed E-state index contributed by atoms with van der Waals surface area (Å²) >= 11 is 0. The van der Waals surface area contributed by atoms with E-state index in [9.17, 15) is 19.5 Å². The second kappa shape index (κ2) is 12.1. The van der Waals surface area contributed by atoms with Crippen LogP contribution in [0.5, 0.6) is 5.75 Å². The van der Waals surface area contributed by atoms with Gasteiger partial charge in [0.15, 0.2) is 0 Å². The van der Waals surface area contributed by atoms with Crippen LogP contribution in [-0.4, -0.2) is 45.6 Å². The van der Waals surface area contributed by atoms with Crippen LogP contribution in [0.25, 0.3) is 0 Å². The molecule has 2 unspecified atom stereocenters. The third-order valence-corrected chi connectivity index (χ3v) is 5.88. The maximum absolute atomic E-state index is 14.0. The Morgan fingerprint density at radius 2 is 1.57 bits per heavy atom. The summed E-state index contributed by atoms with van der Waals surface area (Å²) in [6.45, 7) is 16.2. The third kappa shape index (κ3) is 7.97. The van der Waals surface area contributed by atoms with Crippen LogP contribution in [0.4, 0.5) is 10.5 Å². The minimum absolute atomic E-state index is 0.0934. The average molecular weight is 512 g/mol. The summed E-state index contributed by atoms with van der Waals surface area (Å²) in [4.78, 5) is 42.0. The van der Waals surface area contributed by atoms with Crippen LogP contribution in [0.15, 0.2) is 42.5 Å². The van der Waals surface area contributed by atoms with Crippen molar-refractivity contribution in [1.29, 1.82) is 0 Å². The minimum Gasteiger partial charge on any atom is -0.508 e. The molecule has 0 saturated carbocycles. The second-order valence-electron chi connectivity index (χ2n) is 11.0. The summed E-state index contributed by atoms with van der Waals surface area (Å²) in [5, 5.41) is 15.8. The highest BCUT2D eigenvalue weighted by atomic mass is 16.6. The van der Waals surface area contributed by atoms with E-state index in [2.05, 4.69) is 10.6 Å². The van der Waals surface area contributed by atoms with Crippen molar-refractivity contribution in [1.82, 2.24) is 10.2 Å². The molecule has 0 spiro atoms. The van der Waals surface area contributed by atoms with Crippen LogP contribution in [0.1, 0.15) is 71.2 Å². The highest BCUT2D eigenvalue weighted by Gasteiger charge is 2.39.